The zero-order valence-electron chi connectivity index (χ0n) is 34.4. The molecule has 318 valence electrons. The van der Waals surface area contributed by atoms with Crippen LogP contribution in [0, 0.1) is 0 Å². The van der Waals surface area contributed by atoms with Crippen LogP contribution in [0.3, 0.4) is 0 Å². The van der Waals surface area contributed by atoms with Gasteiger partial charge in [0, 0.05) is 38.4 Å². The second kappa shape index (κ2) is 17.9. The molecule has 4 amide bonds. The number of rotatable bonds is 12. The summed E-state index contributed by atoms with van der Waals surface area (Å²) in [5.41, 5.74) is 3.38. The van der Waals surface area contributed by atoms with Gasteiger partial charge in [-0.25, -0.2) is 19.6 Å². The van der Waals surface area contributed by atoms with Gasteiger partial charge in [-0.1, -0.05) is 6.07 Å². The molecule has 4 N–H and O–H groups in total. The van der Waals surface area contributed by atoms with Gasteiger partial charge in [-0.15, -0.1) is 0 Å². The van der Waals surface area contributed by atoms with E-state index in [1.54, 1.807) is 60.3 Å². The smallest absolute Gasteiger partial charge is 0.407 e. The highest BCUT2D eigenvalue weighted by Gasteiger charge is 2.40. The van der Waals surface area contributed by atoms with E-state index in [0.29, 0.717) is 76.5 Å². The molecule has 7 rings (SSSR count). The Kier molecular flexibility index (Phi) is 12.5. The Morgan fingerprint density at radius 3 is 1.77 bits per heavy atom. The predicted octanol–water partition coefficient (Wildman–Crippen LogP) is 4.96. The molecule has 60 heavy (non-hydrogen) atoms. The number of nitrogens with one attached hydrogen (secondary N) is 4. The number of hydrogen-bond acceptors (Lipinski definition) is 12. The summed E-state index contributed by atoms with van der Waals surface area (Å²) in [6.07, 6.45) is 4.50. The number of fused-ring (bicyclic) bond motifs is 2. The van der Waals surface area contributed by atoms with Gasteiger partial charge in [-0.2, -0.15) is 0 Å². The number of benzene rings is 2. The van der Waals surface area contributed by atoms with Crippen molar-refractivity contribution in [1.82, 2.24) is 40.4 Å². The summed E-state index contributed by atoms with van der Waals surface area (Å²) >= 11 is 0. The van der Waals surface area contributed by atoms with Crippen LogP contribution in [0.15, 0.2) is 58.0 Å². The van der Waals surface area contributed by atoms with Crippen molar-refractivity contribution in [2.45, 2.75) is 82.3 Å². The van der Waals surface area contributed by atoms with Crippen molar-refractivity contribution in [1.29, 1.82) is 0 Å². The molecule has 2 aliphatic heterocycles. The van der Waals surface area contributed by atoms with E-state index in [-0.39, 0.29) is 29.3 Å². The van der Waals surface area contributed by atoms with E-state index in [1.165, 1.54) is 28.4 Å². The van der Waals surface area contributed by atoms with Crippen LogP contribution in [0.4, 0.5) is 9.59 Å². The monoisotopic (exact) mass is 826 g/mol. The zero-order chi connectivity index (χ0) is 42.7. The molecule has 6 atom stereocenters. The Balaban J connectivity index is 1.11. The van der Waals surface area contributed by atoms with Crippen LogP contribution in [0.2, 0.25) is 0 Å². The summed E-state index contributed by atoms with van der Waals surface area (Å²) in [6, 6.07) is 8.05. The molecule has 18 heteroatoms. The number of alkyl carbamates (subject to hydrolysis) is 2. The van der Waals surface area contributed by atoms with E-state index in [4.69, 9.17) is 23.4 Å². The first kappa shape index (κ1) is 41.9. The molecule has 0 spiro atoms. The molecule has 2 aliphatic rings. The number of carbonyl (C=O) groups excluding carboxylic acids is 4. The Bertz CT molecular complexity index is 2440. The fraction of sp³-hybridized carbons (Fsp3) is 0.452. The number of carbonyl (C=O) groups is 4. The summed E-state index contributed by atoms with van der Waals surface area (Å²) in [5, 5.41) is 6.00. The molecule has 5 heterocycles. The van der Waals surface area contributed by atoms with Gasteiger partial charge in [0.1, 0.15) is 34.9 Å². The van der Waals surface area contributed by atoms with Gasteiger partial charge < -0.3 is 53.8 Å². The summed E-state index contributed by atoms with van der Waals surface area (Å²) < 4.78 is 26.6. The maximum absolute atomic E-state index is 13.9. The molecular formula is C42H50N8O10. The first-order valence-corrected chi connectivity index (χ1v) is 19.9. The molecule has 0 radical (unpaired) electrons. The molecule has 2 saturated heterocycles. The Labute approximate surface area is 345 Å². The number of ether oxygens (including phenoxy) is 4. The minimum absolute atomic E-state index is 0.203. The van der Waals surface area contributed by atoms with Crippen molar-refractivity contribution >= 4 is 45.9 Å². The molecule has 5 aromatic rings. The number of piperidine rings is 1. The quantitative estimate of drug-likeness (QED) is 0.123. The lowest BCUT2D eigenvalue weighted by molar-refractivity contribution is -0.140. The second-order valence-electron chi connectivity index (χ2n) is 15.1. The van der Waals surface area contributed by atoms with Crippen molar-refractivity contribution in [2.24, 2.45) is 0 Å². The molecular weight excluding hydrogens is 777 g/mol. The lowest BCUT2D eigenvalue weighted by Crippen LogP contribution is -2.55. The maximum Gasteiger partial charge on any atom is 0.407 e. The van der Waals surface area contributed by atoms with Crippen molar-refractivity contribution in [3.63, 3.8) is 0 Å². The Morgan fingerprint density at radius 1 is 0.700 bits per heavy atom. The van der Waals surface area contributed by atoms with Crippen molar-refractivity contribution < 1.29 is 42.5 Å². The number of methoxy groups -OCH3 is 4. The number of H-pyrrole nitrogens is 2. The van der Waals surface area contributed by atoms with Gasteiger partial charge in [0.25, 0.3) is 0 Å². The van der Waals surface area contributed by atoms with Crippen LogP contribution in [-0.4, -0.2) is 120 Å². The van der Waals surface area contributed by atoms with Gasteiger partial charge in [-0.05, 0) is 76.3 Å². The SMILES string of the molecule is COC(=O)N[C@H](C(=O)N1CCCC[C@H]1c1ncc(-c2ccc3oc4cc(-c5cnc([C@@H]6CCCN6C(=O)[C@@H](NC(=O)OC)[C@@H](C)OC)[nH]5)ccc4c(=O)c3c2)[nH]1)[C@@H](C)OC. The van der Waals surface area contributed by atoms with Crippen LogP contribution < -0.4 is 16.1 Å². The Hall–Kier alpha value is -6.27. The predicted molar refractivity (Wildman–Crippen MR) is 219 cm³/mol. The highest BCUT2D eigenvalue weighted by molar-refractivity contribution is 5.93. The van der Waals surface area contributed by atoms with Gasteiger partial charge in [0.15, 0.2) is 0 Å². The summed E-state index contributed by atoms with van der Waals surface area (Å²) in [4.78, 5) is 85.1. The average Bonchev–Trinajstić information content (AvgIpc) is 4.08. The highest BCUT2D eigenvalue weighted by Crippen LogP contribution is 2.35. The third-order valence-electron chi connectivity index (χ3n) is 11.6. The van der Waals surface area contributed by atoms with E-state index >= 15 is 0 Å². The van der Waals surface area contributed by atoms with Crippen LogP contribution >= 0.6 is 0 Å². The van der Waals surface area contributed by atoms with Crippen molar-refractivity contribution in [3.8, 4) is 22.5 Å². The number of amides is 4. The van der Waals surface area contributed by atoms with E-state index < -0.39 is 36.5 Å². The van der Waals surface area contributed by atoms with Crippen LogP contribution in [-0.2, 0) is 28.5 Å². The molecule has 0 saturated carbocycles. The van der Waals surface area contributed by atoms with Crippen LogP contribution in [0.1, 0.15) is 69.7 Å². The summed E-state index contributed by atoms with van der Waals surface area (Å²) in [5.74, 6) is 0.586. The average molecular weight is 827 g/mol. The number of aromatic nitrogens is 4. The number of nitrogens with zero attached hydrogens (tertiary/aromatic N) is 4. The minimum Gasteiger partial charge on any atom is -0.456 e. The topological polar surface area (TPSA) is 223 Å². The highest BCUT2D eigenvalue weighted by atomic mass is 16.5. The largest absolute Gasteiger partial charge is 0.456 e. The van der Waals surface area contributed by atoms with Gasteiger partial charge in [0.05, 0.1) is 73.1 Å². The zero-order valence-corrected chi connectivity index (χ0v) is 34.4. The first-order valence-electron chi connectivity index (χ1n) is 19.9. The summed E-state index contributed by atoms with van der Waals surface area (Å²) in [6.45, 7) is 4.38. The third-order valence-corrected chi connectivity index (χ3v) is 11.6. The van der Waals surface area contributed by atoms with Gasteiger partial charge >= 0.3 is 12.2 Å². The van der Waals surface area contributed by atoms with Gasteiger partial charge in [-0.3, -0.25) is 14.4 Å². The molecule has 18 nitrogen and oxygen atoms in total. The fourth-order valence-electron chi connectivity index (χ4n) is 8.05. The van der Waals surface area contributed by atoms with Crippen molar-refractivity contribution in [2.75, 3.05) is 41.5 Å². The van der Waals surface area contributed by atoms with E-state index in [2.05, 4.69) is 30.6 Å². The molecule has 0 aliphatic carbocycles. The standard InChI is InChI=1S/C42H50N8O10/c1-22(56-3)34(47-41(54)58-5)39(52)49-16-8-7-10-30(49)37-43-20-28(45-37)24-13-15-32-27(18-24)36(51)26-14-12-25(19-33(26)60-32)29-21-44-38(46-29)31-11-9-17-50(31)40(53)35(23(2)57-4)48-42(55)59-6/h12-15,18-23,30-31,34-35H,7-11,16-17H2,1-6H3,(H,43,45)(H,44,46)(H,47,54)(H,48,55)/t22-,23-,30+,31+,34+,35+/m1/s1. The maximum atomic E-state index is 13.9. The van der Waals surface area contributed by atoms with E-state index in [9.17, 15) is 24.0 Å². The van der Waals surface area contributed by atoms with Gasteiger partial charge in [0.2, 0.25) is 17.2 Å². The molecule has 2 fully saturated rings. The molecule has 2 aromatic carbocycles. The second-order valence-corrected chi connectivity index (χ2v) is 15.1. The lowest BCUT2D eigenvalue weighted by Gasteiger charge is -2.37. The minimum atomic E-state index is -0.955. The molecule has 0 unspecified atom stereocenters. The van der Waals surface area contributed by atoms with Crippen LogP contribution in [0.5, 0.6) is 0 Å². The molecule has 0 bridgehead atoms. The number of likely N-dealkylation sites (tertiary alicyclic amines) is 2. The lowest BCUT2D eigenvalue weighted by atomic mass is 9.99. The van der Waals surface area contributed by atoms with Crippen molar-refractivity contribution in [3.05, 3.63) is 70.7 Å². The summed E-state index contributed by atoms with van der Waals surface area (Å²) in [7, 11) is 5.43. The molecule has 3 aromatic heterocycles. The Morgan fingerprint density at radius 2 is 1.22 bits per heavy atom. The van der Waals surface area contributed by atoms with E-state index in [1.807, 2.05) is 12.1 Å². The third kappa shape index (κ3) is 8.29. The number of aromatic amines is 2. The normalized spacial score (nSPS) is 18.8. The number of hydrogen-bond donors (Lipinski definition) is 4. The van der Waals surface area contributed by atoms with E-state index in [0.717, 1.165) is 24.8 Å². The number of imidazole rings is 2. The fourth-order valence-corrected chi connectivity index (χ4v) is 8.05. The van der Waals surface area contributed by atoms with Crippen LogP contribution in [0.25, 0.3) is 44.5 Å². The first-order chi connectivity index (χ1) is 29.0.